The minimum atomic E-state index is -0.517. The van der Waals surface area contributed by atoms with E-state index in [0.29, 0.717) is 57.6 Å². The van der Waals surface area contributed by atoms with Gasteiger partial charge in [0.05, 0.1) is 39.5 Å². The summed E-state index contributed by atoms with van der Waals surface area (Å²) in [6.07, 6.45) is 0.931. The second-order valence-corrected chi connectivity index (χ2v) is 8.69. The first-order valence-corrected chi connectivity index (χ1v) is 12.0. The number of amides is 1. The van der Waals surface area contributed by atoms with Crippen molar-refractivity contribution in [2.24, 2.45) is 0 Å². The molecule has 1 N–H and O–H groups in total. The number of halogens is 1. The molecule has 0 radical (unpaired) electrons. The van der Waals surface area contributed by atoms with Crippen LogP contribution in [0.3, 0.4) is 0 Å². The molecule has 8 nitrogen and oxygen atoms in total. The fourth-order valence-corrected chi connectivity index (χ4v) is 4.94. The Balaban J connectivity index is 1.84. The zero-order chi connectivity index (χ0) is 26.5. The molecule has 0 aromatic heterocycles. The van der Waals surface area contributed by atoms with Gasteiger partial charge in [0.15, 0.2) is 23.9 Å². The van der Waals surface area contributed by atoms with Gasteiger partial charge in [-0.15, -0.1) is 0 Å². The minimum absolute atomic E-state index is 0.164. The number of carbonyl (C=O) groups is 1. The number of para-hydroxylation sites is 1. The van der Waals surface area contributed by atoms with E-state index < -0.39 is 6.04 Å². The van der Waals surface area contributed by atoms with Crippen molar-refractivity contribution >= 4 is 17.5 Å². The van der Waals surface area contributed by atoms with E-state index in [1.165, 1.54) is 34.5 Å². The molecule has 0 spiro atoms. The Morgan fingerprint density at radius 2 is 1.65 bits per heavy atom. The van der Waals surface area contributed by atoms with Crippen LogP contribution in [0.25, 0.3) is 11.1 Å². The number of methoxy groups -OCH3 is 4. The summed E-state index contributed by atoms with van der Waals surface area (Å²) in [6, 6.07) is 13.4. The number of rotatable bonds is 8. The fraction of sp³-hybridized carbons (Fsp3) is 0.286. The van der Waals surface area contributed by atoms with Gasteiger partial charge in [-0.3, -0.25) is 9.59 Å². The van der Waals surface area contributed by atoms with E-state index in [-0.39, 0.29) is 23.7 Å². The van der Waals surface area contributed by atoms with Gasteiger partial charge >= 0.3 is 0 Å². The molecule has 0 unspecified atom stereocenters. The van der Waals surface area contributed by atoms with Gasteiger partial charge in [0.2, 0.25) is 11.2 Å². The molecule has 0 bridgehead atoms. The van der Waals surface area contributed by atoms with Crippen molar-refractivity contribution in [3.63, 3.8) is 0 Å². The van der Waals surface area contributed by atoms with Crippen molar-refractivity contribution in [1.29, 1.82) is 0 Å². The van der Waals surface area contributed by atoms with Crippen LogP contribution in [0.15, 0.2) is 53.3 Å². The Bertz CT molecular complexity index is 1360. The van der Waals surface area contributed by atoms with Gasteiger partial charge in [-0.2, -0.15) is 0 Å². The van der Waals surface area contributed by atoms with Gasteiger partial charge in [-0.25, -0.2) is 0 Å². The quantitative estimate of drug-likeness (QED) is 0.460. The first-order chi connectivity index (χ1) is 17.9. The van der Waals surface area contributed by atoms with Crippen molar-refractivity contribution < 1.29 is 28.5 Å². The Kier molecular flexibility index (Phi) is 8.08. The Hall–Kier alpha value is -3.91. The summed E-state index contributed by atoms with van der Waals surface area (Å²) in [4.78, 5) is 25.9. The third-order valence-electron chi connectivity index (χ3n) is 6.26. The Morgan fingerprint density at radius 1 is 0.946 bits per heavy atom. The van der Waals surface area contributed by atoms with Crippen LogP contribution in [-0.4, -0.2) is 41.0 Å². The second kappa shape index (κ2) is 11.4. The summed E-state index contributed by atoms with van der Waals surface area (Å²) < 4.78 is 27.9. The van der Waals surface area contributed by atoms with Crippen molar-refractivity contribution in [2.75, 3.05) is 35.0 Å². The zero-order valence-corrected chi connectivity index (χ0v) is 21.8. The molecule has 37 heavy (non-hydrogen) atoms. The molecule has 9 heteroatoms. The van der Waals surface area contributed by atoms with Crippen LogP contribution in [0.4, 0.5) is 0 Å². The molecule has 3 aromatic carbocycles. The molecule has 0 aliphatic heterocycles. The predicted molar refractivity (Wildman–Crippen MR) is 141 cm³/mol. The van der Waals surface area contributed by atoms with Gasteiger partial charge in [-0.1, -0.05) is 35.9 Å². The lowest BCUT2D eigenvalue weighted by molar-refractivity contribution is -0.123. The van der Waals surface area contributed by atoms with E-state index in [4.69, 9.17) is 35.3 Å². The highest BCUT2D eigenvalue weighted by Gasteiger charge is 2.32. The molecular weight excluding hydrogens is 498 g/mol. The van der Waals surface area contributed by atoms with Crippen LogP contribution >= 0.6 is 11.6 Å². The average molecular weight is 526 g/mol. The van der Waals surface area contributed by atoms with E-state index in [1.807, 2.05) is 18.2 Å². The van der Waals surface area contributed by atoms with Crippen molar-refractivity contribution in [3.8, 4) is 39.9 Å². The van der Waals surface area contributed by atoms with E-state index in [9.17, 15) is 9.59 Å². The van der Waals surface area contributed by atoms with Crippen LogP contribution in [0.5, 0.6) is 28.7 Å². The molecule has 1 atom stereocenters. The van der Waals surface area contributed by atoms with Gasteiger partial charge in [0.25, 0.3) is 5.91 Å². The van der Waals surface area contributed by atoms with Crippen LogP contribution in [0.1, 0.15) is 23.6 Å². The standard InChI is InChI=1S/C28H28ClNO7/c1-33-22-13-11-17-19(14-21(22)31)20(30-23(32)15-37-16-8-6-5-7-9-16)12-10-18-24(17)26(34-2)28(36-4)27(35-3)25(18)29/h5-9,11,13-14,20H,10,12,15H2,1-4H3,(H,30,32)/t20-/m0/s1. The molecule has 1 amide bonds. The molecule has 4 rings (SSSR count). The monoisotopic (exact) mass is 525 g/mol. The maximum atomic E-state index is 13.0. The first kappa shape index (κ1) is 26.2. The molecule has 1 aliphatic rings. The molecule has 0 saturated heterocycles. The van der Waals surface area contributed by atoms with E-state index in [0.717, 1.165) is 5.56 Å². The third-order valence-corrected chi connectivity index (χ3v) is 6.66. The largest absolute Gasteiger partial charge is 0.493 e. The minimum Gasteiger partial charge on any atom is -0.493 e. The summed E-state index contributed by atoms with van der Waals surface area (Å²) in [5, 5.41) is 3.40. The lowest BCUT2D eigenvalue weighted by Gasteiger charge is -2.21. The molecule has 0 heterocycles. The highest BCUT2D eigenvalue weighted by atomic mass is 35.5. The molecular formula is C28H28ClNO7. The highest BCUT2D eigenvalue weighted by Crippen LogP contribution is 2.54. The normalized spacial score (nSPS) is 13.9. The topological polar surface area (TPSA) is 92.3 Å². The maximum absolute atomic E-state index is 13.0. The maximum Gasteiger partial charge on any atom is 0.258 e. The molecule has 3 aromatic rings. The summed E-state index contributed by atoms with van der Waals surface area (Å²) in [5.74, 6) is 1.52. The summed E-state index contributed by atoms with van der Waals surface area (Å²) in [5.41, 5.74) is 2.35. The number of benzene rings is 2. The molecule has 0 fully saturated rings. The second-order valence-electron chi connectivity index (χ2n) is 8.31. The zero-order valence-electron chi connectivity index (χ0n) is 21.1. The smallest absolute Gasteiger partial charge is 0.258 e. The predicted octanol–water partition coefficient (Wildman–Crippen LogP) is 4.58. The number of hydrogen-bond donors (Lipinski definition) is 1. The van der Waals surface area contributed by atoms with E-state index in [2.05, 4.69) is 5.32 Å². The van der Waals surface area contributed by atoms with Crippen LogP contribution in [-0.2, 0) is 11.2 Å². The van der Waals surface area contributed by atoms with Crippen LogP contribution in [0, 0.1) is 0 Å². The third kappa shape index (κ3) is 5.15. The van der Waals surface area contributed by atoms with Gasteiger partial charge in [-0.05, 0) is 53.8 Å². The molecule has 194 valence electrons. The van der Waals surface area contributed by atoms with Gasteiger partial charge in [0, 0.05) is 5.56 Å². The highest BCUT2D eigenvalue weighted by molar-refractivity contribution is 6.34. The lowest BCUT2D eigenvalue weighted by atomic mass is 9.95. The van der Waals surface area contributed by atoms with Crippen molar-refractivity contribution in [3.05, 3.63) is 74.9 Å². The average Bonchev–Trinajstić information content (AvgIpc) is 3.16. The summed E-state index contributed by atoms with van der Waals surface area (Å²) >= 11 is 6.82. The first-order valence-electron chi connectivity index (χ1n) is 11.6. The van der Waals surface area contributed by atoms with Crippen LogP contribution in [0.2, 0.25) is 5.02 Å². The fourth-order valence-electron chi connectivity index (χ4n) is 4.59. The Labute approximate surface area is 220 Å². The molecule has 0 saturated carbocycles. The van der Waals surface area contributed by atoms with Crippen LogP contribution < -0.4 is 34.4 Å². The molecule has 1 aliphatic carbocycles. The number of carbonyl (C=O) groups excluding carboxylic acids is 1. The van der Waals surface area contributed by atoms with E-state index >= 15 is 0 Å². The van der Waals surface area contributed by atoms with Gasteiger partial charge in [0.1, 0.15) is 5.75 Å². The summed E-state index contributed by atoms with van der Waals surface area (Å²) in [6.45, 7) is -0.180. The number of hydrogen-bond acceptors (Lipinski definition) is 7. The number of nitrogens with one attached hydrogen (secondary N) is 1. The number of ether oxygens (including phenoxy) is 5. The summed E-state index contributed by atoms with van der Waals surface area (Å²) in [7, 11) is 5.96. The van der Waals surface area contributed by atoms with Crippen molar-refractivity contribution in [1.82, 2.24) is 5.32 Å². The Morgan fingerprint density at radius 3 is 2.30 bits per heavy atom. The van der Waals surface area contributed by atoms with E-state index in [1.54, 1.807) is 24.3 Å². The number of fused-ring (bicyclic) bond motifs is 3. The lowest BCUT2D eigenvalue weighted by Crippen LogP contribution is -2.33. The SMILES string of the molecule is COc1c(Cl)c2c(c(OC)c1OC)-c1ccc(OC)c(=O)cc1[C@@H](NC(=O)COc1ccccc1)CC2. The van der Waals surface area contributed by atoms with Crippen molar-refractivity contribution in [2.45, 2.75) is 18.9 Å². The van der Waals surface area contributed by atoms with Gasteiger partial charge < -0.3 is 29.0 Å².